The number of nitro groups is 1. The molecule has 1 atom stereocenters. The highest BCUT2D eigenvalue weighted by Crippen LogP contribution is 2.39. The molecule has 7 nitrogen and oxygen atoms in total. The lowest BCUT2D eigenvalue weighted by atomic mass is 9.92. The Morgan fingerprint density at radius 1 is 0.968 bits per heavy atom. The van der Waals surface area contributed by atoms with Crippen molar-refractivity contribution in [3.8, 4) is 0 Å². The van der Waals surface area contributed by atoms with Crippen molar-refractivity contribution in [1.29, 1.82) is 0 Å². The SMILES string of the molecule is CN(C)c1ccc([C@H]2c3ccccc3C=CN2S(=O)(=O)c2cccc([N+](=O)[O-])c2)cc1. The lowest BCUT2D eigenvalue weighted by Crippen LogP contribution is -2.33. The van der Waals surface area contributed by atoms with Crippen LogP contribution in [0.1, 0.15) is 22.7 Å². The molecule has 3 aromatic rings. The highest BCUT2D eigenvalue weighted by Gasteiger charge is 2.34. The van der Waals surface area contributed by atoms with E-state index in [-0.39, 0.29) is 10.6 Å². The quantitative estimate of drug-likeness (QED) is 0.437. The topological polar surface area (TPSA) is 83.8 Å². The number of benzene rings is 3. The molecule has 0 saturated carbocycles. The molecule has 1 aliphatic heterocycles. The van der Waals surface area contributed by atoms with Crippen LogP contribution in [0.25, 0.3) is 6.08 Å². The summed E-state index contributed by atoms with van der Waals surface area (Å²) in [7, 11) is -0.178. The van der Waals surface area contributed by atoms with Gasteiger partial charge in [-0.1, -0.05) is 42.5 Å². The molecule has 0 radical (unpaired) electrons. The Morgan fingerprint density at radius 2 is 1.68 bits per heavy atom. The number of nitrogens with zero attached hydrogens (tertiary/aromatic N) is 3. The third kappa shape index (κ3) is 3.77. The molecule has 0 N–H and O–H groups in total. The van der Waals surface area contributed by atoms with Gasteiger partial charge in [0.25, 0.3) is 15.7 Å². The van der Waals surface area contributed by atoms with Crippen molar-refractivity contribution in [2.45, 2.75) is 10.9 Å². The van der Waals surface area contributed by atoms with Crippen molar-refractivity contribution in [1.82, 2.24) is 4.31 Å². The molecule has 0 unspecified atom stereocenters. The fourth-order valence-electron chi connectivity index (χ4n) is 3.67. The van der Waals surface area contributed by atoms with Gasteiger partial charge in [-0.15, -0.1) is 0 Å². The third-order valence-electron chi connectivity index (χ3n) is 5.28. The van der Waals surface area contributed by atoms with Crippen LogP contribution in [0.2, 0.25) is 0 Å². The molecule has 158 valence electrons. The van der Waals surface area contributed by atoms with E-state index >= 15 is 0 Å². The number of nitro benzene ring substituents is 1. The summed E-state index contributed by atoms with van der Waals surface area (Å²) >= 11 is 0. The van der Waals surface area contributed by atoms with Crippen LogP contribution in [0.4, 0.5) is 11.4 Å². The number of sulfonamides is 1. The van der Waals surface area contributed by atoms with Gasteiger partial charge in [0.1, 0.15) is 0 Å². The minimum absolute atomic E-state index is 0.124. The Morgan fingerprint density at radius 3 is 2.35 bits per heavy atom. The second-order valence-corrected chi connectivity index (χ2v) is 9.27. The molecule has 8 heteroatoms. The molecule has 0 fully saturated rings. The summed E-state index contributed by atoms with van der Waals surface area (Å²) in [5.74, 6) is 0. The van der Waals surface area contributed by atoms with Gasteiger partial charge < -0.3 is 4.90 Å². The van der Waals surface area contributed by atoms with Gasteiger partial charge in [0.2, 0.25) is 0 Å². The summed E-state index contributed by atoms with van der Waals surface area (Å²) in [5, 5.41) is 11.2. The second-order valence-electron chi connectivity index (χ2n) is 7.42. The summed E-state index contributed by atoms with van der Waals surface area (Å²) < 4.78 is 28.4. The predicted molar refractivity (Wildman–Crippen MR) is 120 cm³/mol. The van der Waals surface area contributed by atoms with Crippen LogP contribution in [0.5, 0.6) is 0 Å². The molecule has 0 saturated heterocycles. The van der Waals surface area contributed by atoms with Gasteiger partial charge in [0.05, 0.1) is 15.9 Å². The molecule has 0 bridgehead atoms. The fourth-order valence-corrected chi connectivity index (χ4v) is 5.17. The molecule has 31 heavy (non-hydrogen) atoms. The predicted octanol–water partition coefficient (Wildman–Crippen LogP) is 4.43. The Kier molecular flexibility index (Phi) is 5.24. The summed E-state index contributed by atoms with van der Waals surface area (Å²) in [5.41, 5.74) is 3.30. The minimum Gasteiger partial charge on any atom is -0.378 e. The van der Waals surface area contributed by atoms with Crippen molar-refractivity contribution in [3.63, 3.8) is 0 Å². The van der Waals surface area contributed by atoms with Crippen molar-refractivity contribution in [3.05, 3.63) is 106 Å². The highest BCUT2D eigenvalue weighted by molar-refractivity contribution is 7.89. The summed E-state index contributed by atoms with van der Waals surface area (Å²) in [6, 6.07) is 19.8. The average molecular weight is 436 g/mol. The lowest BCUT2D eigenvalue weighted by Gasteiger charge is -2.34. The van der Waals surface area contributed by atoms with Crippen LogP contribution < -0.4 is 4.90 Å². The van der Waals surface area contributed by atoms with Crippen molar-refractivity contribution < 1.29 is 13.3 Å². The Balaban J connectivity index is 1.85. The largest absolute Gasteiger partial charge is 0.378 e. The van der Waals surface area contributed by atoms with Gasteiger partial charge in [-0.3, -0.25) is 14.4 Å². The normalized spacial score (nSPS) is 15.4. The number of hydrogen-bond acceptors (Lipinski definition) is 5. The summed E-state index contributed by atoms with van der Waals surface area (Å²) in [4.78, 5) is 12.4. The van der Waals surface area contributed by atoms with E-state index in [9.17, 15) is 18.5 Å². The Hall–Kier alpha value is -3.65. The van der Waals surface area contributed by atoms with Crippen LogP contribution in [-0.2, 0) is 10.0 Å². The van der Waals surface area contributed by atoms with Gasteiger partial charge in [0, 0.05) is 38.1 Å². The Labute approximate surface area is 181 Å². The first-order valence-electron chi connectivity index (χ1n) is 9.61. The lowest BCUT2D eigenvalue weighted by molar-refractivity contribution is -0.385. The first-order valence-corrected chi connectivity index (χ1v) is 11.1. The van der Waals surface area contributed by atoms with E-state index in [1.165, 1.54) is 28.7 Å². The minimum atomic E-state index is -4.05. The smallest absolute Gasteiger partial charge is 0.270 e. The Bertz CT molecular complexity index is 1270. The van der Waals surface area contributed by atoms with Crippen molar-refractivity contribution in [2.75, 3.05) is 19.0 Å². The van der Waals surface area contributed by atoms with E-state index in [0.717, 1.165) is 28.4 Å². The number of fused-ring (bicyclic) bond motifs is 1. The zero-order chi connectivity index (χ0) is 22.2. The molecule has 1 heterocycles. The molecule has 0 aromatic heterocycles. The highest BCUT2D eigenvalue weighted by atomic mass is 32.2. The van der Waals surface area contributed by atoms with Crippen molar-refractivity contribution in [2.24, 2.45) is 0 Å². The molecule has 3 aromatic carbocycles. The average Bonchev–Trinajstić information content (AvgIpc) is 2.78. The van der Waals surface area contributed by atoms with Gasteiger partial charge in [0.15, 0.2) is 0 Å². The molecule has 0 aliphatic carbocycles. The van der Waals surface area contributed by atoms with Crippen molar-refractivity contribution >= 4 is 27.5 Å². The number of hydrogen-bond donors (Lipinski definition) is 0. The van der Waals surface area contributed by atoms with Gasteiger partial charge in [-0.05, 0) is 41.0 Å². The number of anilines is 1. The summed E-state index contributed by atoms with van der Waals surface area (Å²) in [6.07, 6.45) is 3.27. The molecule has 0 amide bonds. The molecular formula is C23H21N3O4S. The van der Waals surface area contributed by atoms with Gasteiger partial charge in [-0.25, -0.2) is 8.42 Å². The van der Waals surface area contributed by atoms with E-state index in [4.69, 9.17) is 0 Å². The standard InChI is InChI=1S/C23H21N3O4S/c1-24(2)19-12-10-18(11-13-19)23-22-9-4-3-6-17(22)14-15-25(23)31(29,30)21-8-5-7-20(16-21)26(27)28/h3-16,23H,1-2H3/t23-/m0/s1. The van der Waals surface area contributed by atoms with Crippen LogP contribution in [0.3, 0.4) is 0 Å². The first kappa shape index (κ1) is 20.6. The maximum Gasteiger partial charge on any atom is 0.270 e. The summed E-state index contributed by atoms with van der Waals surface area (Å²) in [6.45, 7) is 0. The van der Waals surface area contributed by atoms with Gasteiger partial charge in [-0.2, -0.15) is 0 Å². The van der Waals surface area contributed by atoms with Crippen LogP contribution in [0, 0.1) is 10.1 Å². The maximum absolute atomic E-state index is 13.6. The van der Waals surface area contributed by atoms with E-state index in [1.807, 2.05) is 67.5 Å². The first-order chi connectivity index (χ1) is 14.8. The van der Waals surface area contributed by atoms with E-state index in [2.05, 4.69) is 0 Å². The second kappa shape index (κ2) is 7.88. The zero-order valence-corrected chi connectivity index (χ0v) is 17.9. The molecular weight excluding hydrogens is 414 g/mol. The van der Waals surface area contributed by atoms with Crippen LogP contribution >= 0.6 is 0 Å². The monoisotopic (exact) mass is 435 g/mol. The maximum atomic E-state index is 13.6. The van der Waals surface area contributed by atoms with E-state index in [1.54, 1.807) is 6.08 Å². The number of rotatable bonds is 5. The third-order valence-corrected chi connectivity index (χ3v) is 7.01. The molecule has 4 rings (SSSR count). The number of non-ortho nitro benzene ring substituents is 1. The molecule has 1 aliphatic rings. The van der Waals surface area contributed by atoms with E-state index < -0.39 is 21.0 Å². The van der Waals surface area contributed by atoms with E-state index in [0.29, 0.717) is 0 Å². The van der Waals surface area contributed by atoms with Gasteiger partial charge >= 0.3 is 0 Å². The van der Waals surface area contributed by atoms with Crippen LogP contribution in [-0.4, -0.2) is 31.7 Å². The zero-order valence-electron chi connectivity index (χ0n) is 17.0. The van der Waals surface area contributed by atoms with Crippen LogP contribution in [0.15, 0.2) is 83.9 Å². The molecule has 0 spiro atoms. The fraction of sp³-hybridized carbons (Fsp3) is 0.130.